The maximum atomic E-state index is 13.2. The molecule has 3 rings (SSSR count). The van der Waals surface area contributed by atoms with Gasteiger partial charge in [-0.25, -0.2) is 14.2 Å². The lowest BCUT2D eigenvalue weighted by Gasteiger charge is -2.23. The molecular formula is C26H32ClF3N4O3. The number of carbonyl (C=O) groups is 2. The fourth-order valence-electron chi connectivity index (χ4n) is 3.91. The summed E-state index contributed by atoms with van der Waals surface area (Å²) in [6.07, 6.45) is -3.42. The third kappa shape index (κ3) is 7.99. The minimum absolute atomic E-state index is 0.0648. The van der Waals surface area contributed by atoms with Gasteiger partial charge in [0.15, 0.2) is 0 Å². The second kappa shape index (κ2) is 11.6. The fraction of sp³-hybridized carbons (Fsp3) is 0.500. The molecule has 0 saturated carbocycles. The van der Waals surface area contributed by atoms with Crippen molar-refractivity contribution in [1.82, 2.24) is 14.7 Å². The van der Waals surface area contributed by atoms with Gasteiger partial charge in [-0.1, -0.05) is 30.3 Å². The van der Waals surface area contributed by atoms with Crippen molar-refractivity contribution in [3.63, 3.8) is 0 Å². The molecule has 37 heavy (non-hydrogen) atoms. The van der Waals surface area contributed by atoms with Gasteiger partial charge in [0.25, 0.3) is 0 Å². The van der Waals surface area contributed by atoms with Crippen molar-refractivity contribution >= 4 is 29.6 Å². The Morgan fingerprint density at radius 3 is 2.30 bits per heavy atom. The summed E-state index contributed by atoms with van der Waals surface area (Å²) in [6, 6.07) is 9.41. The van der Waals surface area contributed by atoms with Crippen LogP contribution in [0.25, 0.3) is 0 Å². The molecule has 1 aromatic carbocycles. The smallest absolute Gasteiger partial charge is 0.433 e. The van der Waals surface area contributed by atoms with Crippen molar-refractivity contribution in [3.05, 3.63) is 58.8 Å². The number of benzene rings is 1. The molecule has 2 amide bonds. The number of carbonyl (C=O) groups excluding carboxylic acids is 2. The largest absolute Gasteiger partial charge is 0.443 e. The van der Waals surface area contributed by atoms with E-state index >= 15 is 0 Å². The Kier molecular flexibility index (Phi) is 8.94. The number of anilines is 1. The second-order valence-corrected chi connectivity index (χ2v) is 10.5. The van der Waals surface area contributed by atoms with Crippen LogP contribution in [0.15, 0.2) is 36.4 Å². The maximum Gasteiger partial charge on any atom is 0.433 e. The molecular weight excluding hydrogens is 509 g/mol. The van der Waals surface area contributed by atoms with Crippen LogP contribution in [0.4, 0.5) is 23.8 Å². The first kappa shape index (κ1) is 28.6. The molecule has 1 atom stereocenters. The first-order valence-corrected chi connectivity index (χ1v) is 12.4. The number of amides is 2. The van der Waals surface area contributed by atoms with Crippen molar-refractivity contribution in [2.45, 2.75) is 71.3 Å². The van der Waals surface area contributed by atoms with Crippen molar-refractivity contribution in [1.29, 1.82) is 0 Å². The average Bonchev–Trinajstić information content (AvgIpc) is 3.35. The number of nitrogens with zero attached hydrogens (tertiary/aromatic N) is 3. The van der Waals surface area contributed by atoms with Crippen molar-refractivity contribution in [2.75, 3.05) is 18.0 Å². The fourth-order valence-corrected chi connectivity index (χ4v) is 4.08. The summed E-state index contributed by atoms with van der Waals surface area (Å²) in [5.74, 6) is -0.516. The van der Waals surface area contributed by atoms with E-state index in [9.17, 15) is 22.8 Å². The summed E-state index contributed by atoms with van der Waals surface area (Å²) in [7, 11) is 0. The normalized spacial score (nSPS) is 14.9. The summed E-state index contributed by atoms with van der Waals surface area (Å²) >= 11 is 6.04. The lowest BCUT2D eigenvalue weighted by atomic mass is 9.99. The van der Waals surface area contributed by atoms with E-state index in [1.54, 1.807) is 52.0 Å². The second-order valence-electron chi connectivity index (χ2n) is 10.1. The lowest BCUT2D eigenvalue weighted by molar-refractivity contribution is -0.141. The highest BCUT2D eigenvalue weighted by Gasteiger charge is 2.34. The zero-order valence-electron chi connectivity index (χ0n) is 21.4. The number of nitrogens with one attached hydrogen (secondary N) is 1. The van der Waals surface area contributed by atoms with E-state index < -0.39 is 29.5 Å². The summed E-state index contributed by atoms with van der Waals surface area (Å²) in [5.41, 5.74) is 0.422. The van der Waals surface area contributed by atoms with Crippen LogP contribution in [0.1, 0.15) is 68.8 Å². The molecule has 2 heterocycles. The molecule has 1 N–H and O–H groups in total. The molecule has 1 unspecified atom stereocenters. The lowest BCUT2D eigenvalue weighted by Crippen LogP contribution is -2.31. The third-order valence-electron chi connectivity index (χ3n) is 5.89. The van der Waals surface area contributed by atoms with Gasteiger partial charge in [0.1, 0.15) is 17.1 Å². The highest BCUT2D eigenvalue weighted by Crippen LogP contribution is 2.32. The highest BCUT2D eigenvalue weighted by molar-refractivity contribution is 6.20. The van der Waals surface area contributed by atoms with Gasteiger partial charge < -0.3 is 15.0 Å². The standard InChI is InChI=1S/C26H32ClF3N4O3/c1-17(19-9-7-18(8-10-19)16-34(27)24(36)37-25(2,3)4)23(35)31-15-20-11-12-21(26(28,29)30)32-22(20)33-13-5-6-14-33/h7-12,17H,5-6,13-16H2,1-4H3,(H,31,35). The van der Waals surface area contributed by atoms with Gasteiger partial charge >= 0.3 is 12.3 Å². The number of alkyl halides is 3. The molecule has 1 aliphatic rings. The van der Waals surface area contributed by atoms with Gasteiger partial charge in [0.2, 0.25) is 5.91 Å². The van der Waals surface area contributed by atoms with Gasteiger partial charge in [-0.05, 0) is 57.7 Å². The number of aromatic nitrogens is 1. The topological polar surface area (TPSA) is 74.8 Å². The van der Waals surface area contributed by atoms with Crippen LogP contribution in [-0.2, 0) is 28.8 Å². The number of hydrogen-bond donors (Lipinski definition) is 1. The molecule has 0 aliphatic carbocycles. The first-order chi connectivity index (χ1) is 17.2. The Balaban J connectivity index is 1.63. The number of pyridine rings is 1. The van der Waals surface area contributed by atoms with Crippen LogP contribution >= 0.6 is 11.8 Å². The van der Waals surface area contributed by atoms with E-state index in [2.05, 4.69) is 10.3 Å². The Morgan fingerprint density at radius 2 is 1.73 bits per heavy atom. The van der Waals surface area contributed by atoms with E-state index in [1.165, 1.54) is 6.07 Å². The third-order valence-corrected chi connectivity index (χ3v) is 6.15. The van der Waals surface area contributed by atoms with Gasteiger partial charge in [-0.3, -0.25) is 4.79 Å². The molecule has 11 heteroatoms. The molecule has 0 radical (unpaired) electrons. The molecule has 0 spiro atoms. The van der Waals surface area contributed by atoms with Crippen LogP contribution < -0.4 is 10.2 Å². The van der Waals surface area contributed by atoms with Crippen LogP contribution in [0.2, 0.25) is 0 Å². The monoisotopic (exact) mass is 540 g/mol. The number of halogens is 4. The SMILES string of the molecule is CC(C(=O)NCc1ccc(C(F)(F)F)nc1N1CCCC1)c1ccc(CN(Cl)C(=O)OC(C)(C)C)cc1. The molecule has 1 aromatic heterocycles. The zero-order chi connectivity index (χ0) is 27.4. The first-order valence-electron chi connectivity index (χ1n) is 12.1. The van der Waals surface area contributed by atoms with E-state index in [4.69, 9.17) is 16.5 Å². The molecule has 1 aliphatic heterocycles. The molecule has 202 valence electrons. The van der Waals surface area contributed by atoms with E-state index in [0.717, 1.165) is 34.5 Å². The van der Waals surface area contributed by atoms with Gasteiger partial charge in [-0.2, -0.15) is 13.2 Å². The van der Waals surface area contributed by atoms with Crippen LogP contribution in [0, 0.1) is 0 Å². The van der Waals surface area contributed by atoms with Crippen LogP contribution in [0.5, 0.6) is 0 Å². The number of rotatable bonds is 7. The Bertz CT molecular complexity index is 1100. The summed E-state index contributed by atoms with van der Waals surface area (Å²) in [4.78, 5) is 30.6. The van der Waals surface area contributed by atoms with E-state index in [-0.39, 0.29) is 24.8 Å². The van der Waals surface area contributed by atoms with Gasteiger partial charge in [0, 0.05) is 37.0 Å². The predicted molar refractivity (Wildman–Crippen MR) is 135 cm³/mol. The summed E-state index contributed by atoms with van der Waals surface area (Å²) < 4.78 is 45.8. The maximum absolute atomic E-state index is 13.2. The zero-order valence-corrected chi connectivity index (χ0v) is 22.1. The predicted octanol–water partition coefficient (Wildman–Crippen LogP) is 6.01. The Morgan fingerprint density at radius 1 is 1.11 bits per heavy atom. The molecule has 0 bridgehead atoms. The van der Waals surface area contributed by atoms with E-state index in [0.29, 0.717) is 18.7 Å². The van der Waals surface area contributed by atoms with Crippen molar-refractivity contribution in [2.24, 2.45) is 0 Å². The van der Waals surface area contributed by atoms with Crippen molar-refractivity contribution in [3.8, 4) is 0 Å². The Labute approximate surface area is 220 Å². The molecule has 1 saturated heterocycles. The molecule has 2 aromatic rings. The minimum atomic E-state index is -4.54. The van der Waals surface area contributed by atoms with Gasteiger partial charge in [-0.15, -0.1) is 0 Å². The highest BCUT2D eigenvalue weighted by atomic mass is 35.5. The average molecular weight is 541 g/mol. The van der Waals surface area contributed by atoms with Gasteiger partial charge in [0.05, 0.1) is 12.5 Å². The molecule has 7 nitrogen and oxygen atoms in total. The number of ether oxygens (including phenoxy) is 1. The number of hydrogen-bond acceptors (Lipinski definition) is 5. The summed E-state index contributed by atoms with van der Waals surface area (Å²) in [5, 5.41) is 2.83. The molecule has 1 fully saturated rings. The van der Waals surface area contributed by atoms with Crippen LogP contribution in [-0.4, -0.2) is 40.1 Å². The summed E-state index contributed by atoms with van der Waals surface area (Å²) in [6.45, 7) is 8.43. The Hall–Kier alpha value is -3.01. The van der Waals surface area contributed by atoms with Crippen LogP contribution in [0.3, 0.4) is 0 Å². The van der Waals surface area contributed by atoms with E-state index in [1.807, 2.05) is 4.90 Å². The minimum Gasteiger partial charge on any atom is -0.443 e. The quantitative estimate of drug-likeness (QED) is 0.435. The van der Waals surface area contributed by atoms with Crippen molar-refractivity contribution < 1.29 is 27.5 Å².